The number of likely N-dealkylation sites (tertiary alicyclic amines) is 1. The summed E-state index contributed by atoms with van der Waals surface area (Å²) in [5.74, 6) is -0.859. The first-order chi connectivity index (χ1) is 16.8. The maximum absolute atomic E-state index is 14.4. The number of halogens is 2. The number of hydrogen-bond acceptors (Lipinski definition) is 7. The van der Waals surface area contributed by atoms with Gasteiger partial charge in [0.15, 0.2) is 11.6 Å². The van der Waals surface area contributed by atoms with Crippen LogP contribution in [0.1, 0.15) is 23.6 Å². The van der Waals surface area contributed by atoms with Gasteiger partial charge in [-0.25, -0.2) is 18.6 Å². The molecular weight excluding hydrogens is 458 g/mol. The van der Waals surface area contributed by atoms with Gasteiger partial charge in [0.05, 0.1) is 48.3 Å². The molecular formula is C23H20F2N8O2. The van der Waals surface area contributed by atoms with Crippen LogP contribution in [0.15, 0.2) is 41.6 Å². The van der Waals surface area contributed by atoms with E-state index in [1.807, 2.05) is 6.07 Å². The molecule has 1 saturated heterocycles. The predicted molar refractivity (Wildman–Crippen MR) is 121 cm³/mol. The lowest BCUT2D eigenvalue weighted by atomic mass is 10.0. The zero-order valence-electron chi connectivity index (χ0n) is 18.6. The number of carbonyl (C=O) groups is 1. The van der Waals surface area contributed by atoms with Gasteiger partial charge in [-0.1, -0.05) is 0 Å². The van der Waals surface area contributed by atoms with E-state index in [0.29, 0.717) is 29.2 Å². The molecule has 0 bridgehead atoms. The Labute approximate surface area is 198 Å². The number of nitriles is 1. The molecule has 1 atom stereocenters. The van der Waals surface area contributed by atoms with Crippen LogP contribution in [0.25, 0.3) is 11.4 Å². The maximum Gasteiger partial charge on any atom is 0.341 e. The highest BCUT2D eigenvalue weighted by molar-refractivity contribution is 5.79. The molecule has 1 fully saturated rings. The van der Waals surface area contributed by atoms with E-state index in [2.05, 4.69) is 15.2 Å². The summed E-state index contributed by atoms with van der Waals surface area (Å²) < 4.78 is 35.6. The minimum absolute atomic E-state index is 0.00716. The van der Waals surface area contributed by atoms with Crippen LogP contribution in [0.2, 0.25) is 0 Å². The smallest absolute Gasteiger partial charge is 0.341 e. The van der Waals surface area contributed by atoms with Crippen LogP contribution in [-0.2, 0) is 7.05 Å². The lowest BCUT2D eigenvalue weighted by Gasteiger charge is -2.41. The summed E-state index contributed by atoms with van der Waals surface area (Å²) in [6.45, 7) is 0.444. The van der Waals surface area contributed by atoms with E-state index in [-0.39, 0.29) is 30.4 Å². The largest absolute Gasteiger partial charge is 0.483 e. The first-order valence-electron chi connectivity index (χ1n) is 10.8. The van der Waals surface area contributed by atoms with Crippen molar-refractivity contribution >= 4 is 18.1 Å². The summed E-state index contributed by atoms with van der Waals surface area (Å²) in [4.78, 5) is 18.6. The summed E-state index contributed by atoms with van der Waals surface area (Å²) in [6, 6.07) is 8.08. The van der Waals surface area contributed by atoms with Crippen LogP contribution < -0.4 is 10.5 Å². The fraction of sp³-hybridized carbons (Fsp3) is 0.261. The minimum atomic E-state index is -0.628. The highest BCUT2D eigenvalue weighted by Gasteiger charge is 2.39. The Morgan fingerprint density at radius 1 is 1.23 bits per heavy atom. The number of benzene rings is 1. The van der Waals surface area contributed by atoms with E-state index in [9.17, 15) is 13.6 Å². The van der Waals surface area contributed by atoms with E-state index in [1.165, 1.54) is 26.7 Å². The number of aryl methyl sites for hydroxylation is 1. The summed E-state index contributed by atoms with van der Waals surface area (Å²) in [6.07, 6.45) is 2.61. The van der Waals surface area contributed by atoms with Gasteiger partial charge in [0.2, 0.25) is 0 Å². The van der Waals surface area contributed by atoms with Crippen molar-refractivity contribution in [3.8, 4) is 23.2 Å². The number of aromatic nitrogens is 3. The second-order valence-electron chi connectivity index (χ2n) is 8.28. The highest BCUT2D eigenvalue weighted by Crippen LogP contribution is 2.32. The summed E-state index contributed by atoms with van der Waals surface area (Å²) in [5.41, 5.74) is 7.42. The molecule has 1 aromatic carbocycles. The van der Waals surface area contributed by atoms with Crippen molar-refractivity contribution in [2.75, 3.05) is 18.8 Å². The second-order valence-corrected chi connectivity index (χ2v) is 8.28. The maximum atomic E-state index is 14.4. The molecule has 3 aromatic rings. The molecule has 2 N–H and O–H groups in total. The van der Waals surface area contributed by atoms with Crippen LogP contribution >= 0.6 is 0 Å². The van der Waals surface area contributed by atoms with Crippen LogP contribution in [0.4, 0.5) is 19.4 Å². The number of nitrogens with zero attached hydrogens (tertiary/aromatic N) is 7. The third-order valence-electron chi connectivity index (χ3n) is 5.85. The Balaban J connectivity index is 1.25. The van der Waals surface area contributed by atoms with Crippen LogP contribution in [-0.4, -0.2) is 56.1 Å². The third-order valence-corrected chi connectivity index (χ3v) is 5.85. The molecule has 1 unspecified atom stereocenters. The Morgan fingerprint density at radius 2 is 2.03 bits per heavy atom. The molecule has 2 aromatic heterocycles. The molecule has 0 radical (unpaired) electrons. The monoisotopic (exact) mass is 478 g/mol. The second kappa shape index (κ2) is 8.68. The molecule has 2 amide bonds. The molecule has 2 aliphatic rings. The van der Waals surface area contributed by atoms with Crippen molar-refractivity contribution in [2.24, 2.45) is 12.1 Å². The average Bonchev–Trinajstić information content (AvgIpc) is 3.42. The fourth-order valence-electron chi connectivity index (χ4n) is 4.12. The van der Waals surface area contributed by atoms with Gasteiger partial charge in [-0.2, -0.15) is 15.5 Å². The van der Waals surface area contributed by atoms with Crippen molar-refractivity contribution in [1.82, 2.24) is 24.7 Å². The lowest BCUT2D eigenvalue weighted by Crippen LogP contribution is -2.58. The normalized spacial score (nSPS) is 17.4. The topological polar surface area (TPSA) is 126 Å². The van der Waals surface area contributed by atoms with Gasteiger partial charge in [0.1, 0.15) is 17.7 Å². The number of carbonyl (C=O) groups excluding carboxylic acids is 1. The summed E-state index contributed by atoms with van der Waals surface area (Å²) >= 11 is 0. The first-order valence-corrected chi connectivity index (χ1v) is 10.8. The van der Waals surface area contributed by atoms with Crippen molar-refractivity contribution in [2.45, 2.75) is 18.6 Å². The lowest BCUT2D eigenvalue weighted by molar-refractivity contribution is 0.0257. The predicted octanol–water partition coefficient (Wildman–Crippen LogP) is 2.83. The van der Waals surface area contributed by atoms with Crippen molar-refractivity contribution in [3.05, 3.63) is 59.3 Å². The number of ether oxygens (including phenoxy) is 1. The number of anilines is 1. The van der Waals surface area contributed by atoms with Crippen LogP contribution in [0, 0.1) is 23.0 Å². The average molecular weight is 478 g/mol. The van der Waals surface area contributed by atoms with Gasteiger partial charge in [0, 0.05) is 31.8 Å². The van der Waals surface area contributed by atoms with Gasteiger partial charge >= 0.3 is 6.03 Å². The van der Waals surface area contributed by atoms with E-state index < -0.39 is 23.8 Å². The number of nitrogen functional groups attached to an aromatic ring is 1. The van der Waals surface area contributed by atoms with Crippen LogP contribution in [0.5, 0.6) is 5.75 Å². The number of hydrazone groups is 1. The van der Waals surface area contributed by atoms with Gasteiger partial charge in [0.25, 0.3) is 0 Å². The zero-order chi connectivity index (χ0) is 24.7. The van der Waals surface area contributed by atoms with Crippen LogP contribution in [0.3, 0.4) is 0 Å². The molecule has 178 valence electrons. The minimum Gasteiger partial charge on any atom is -0.483 e. The number of nitrogens with two attached hydrogens (primary N) is 1. The SMILES string of the molecule is Cn1nc(N)cc1-c1cc(OC2CN(C(=O)N3N=CCC3c3cc(F)cc(C#N)c3)C2)c(F)cn1. The molecule has 0 aliphatic carbocycles. The molecule has 2 aliphatic heterocycles. The van der Waals surface area contributed by atoms with E-state index >= 15 is 0 Å². The Morgan fingerprint density at radius 3 is 2.74 bits per heavy atom. The molecule has 10 nitrogen and oxygen atoms in total. The van der Waals surface area contributed by atoms with E-state index in [4.69, 9.17) is 15.7 Å². The van der Waals surface area contributed by atoms with Crippen molar-refractivity contribution in [1.29, 1.82) is 5.26 Å². The molecule has 0 spiro atoms. The molecule has 4 heterocycles. The van der Waals surface area contributed by atoms with Gasteiger partial charge < -0.3 is 15.4 Å². The third kappa shape index (κ3) is 4.23. The summed E-state index contributed by atoms with van der Waals surface area (Å²) in [7, 11) is 1.70. The molecule has 0 saturated carbocycles. The number of hydrogen-bond donors (Lipinski definition) is 1. The Bertz CT molecular complexity index is 1380. The molecule has 12 heteroatoms. The fourth-order valence-corrected chi connectivity index (χ4v) is 4.12. The quantitative estimate of drug-likeness (QED) is 0.615. The number of pyridine rings is 1. The van der Waals surface area contributed by atoms with Gasteiger partial charge in [-0.3, -0.25) is 9.67 Å². The van der Waals surface area contributed by atoms with Crippen molar-refractivity contribution in [3.63, 3.8) is 0 Å². The Hall–Kier alpha value is -4.53. The standard InChI is InChI=1S/C23H20F2N8O2/c1-31-20(8-22(27)30-31)18-7-21(17(25)10-28-18)35-16-11-32(12-16)23(34)33-19(2-3-29-33)14-4-13(9-26)5-15(24)6-14/h3-8,10,16,19H,2,11-12H2,1H3,(H2,27,30). The Kier molecular flexibility index (Phi) is 5.52. The van der Waals surface area contributed by atoms with Gasteiger partial charge in [-0.05, 0) is 23.8 Å². The van der Waals surface area contributed by atoms with Crippen molar-refractivity contribution < 1.29 is 18.3 Å². The van der Waals surface area contributed by atoms with Gasteiger partial charge in [-0.15, -0.1) is 0 Å². The number of amides is 2. The molecule has 5 rings (SSSR count). The zero-order valence-corrected chi connectivity index (χ0v) is 18.6. The van der Waals surface area contributed by atoms with E-state index in [0.717, 1.165) is 12.3 Å². The summed E-state index contributed by atoms with van der Waals surface area (Å²) in [5, 5.41) is 18.6. The first kappa shape index (κ1) is 22.3. The number of urea groups is 1. The number of rotatable bonds is 4. The van der Waals surface area contributed by atoms with E-state index in [1.54, 1.807) is 25.4 Å². The molecule has 35 heavy (non-hydrogen) atoms. The highest BCUT2D eigenvalue weighted by atomic mass is 19.1.